The first kappa shape index (κ1) is 11.3. The molecule has 0 radical (unpaired) electrons. The molecule has 0 unspecified atom stereocenters. The Morgan fingerprint density at radius 2 is 1.73 bits per heavy atom. The van der Waals surface area contributed by atoms with Crippen molar-refractivity contribution in [2.45, 2.75) is 27.2 Å². The fraction of sp³-hybridized carbons (Fsp3) is 0.385. The van der Waals surface area contributed by atoms with E-state index in [4.69, 9.17) is 10.5 Å². The number of nitrogens with zero attached hydrogens (tertiary/aromatic N) is 2. The number of benzene rings is 1. The van der Waals surface area contributed by atoms with E-state index < -0.39 is 0 Å². The maximum absolute atomic E-state index is 8.98. The molecule has 15 heavy (non-hydrogen) atoms. The maximum atomic E-state index is 8.98. The molecule has 1 rings (SSSR count). The highest BCUT2D eigenvalue weighted by molar-refractivity contribution is 5.49. The zero-order valence-electron chi connectivity index (χ0n) is 9.33. The molecule has 0 aliphatic carbocycles. The molecule has 0 fully saturated rings. The Morgan fingerprint density at radius 3 is 2.20 bits per heavy atom. The van der Waals surface area contributed by atoms with Gasteiger partial charge < -0.3 is 0 Å². The van der Waals surface area contributed by atoms with Crippen LogP contribution in [-0.4, -0.2) is 0 Å². The summed E-state index contributed by atoms with van der Waals surface area (Å²) in [5, 5.41) is 17.8. The van der Waals surface area contributed by atoms with Crippen molar-refractivity contribution in [2.24, 2.45) is 5.92 Å². The van der Waals surface area contributed by atoms with Crippen LogP contribution in [0, 0.1) is 35.5 Å². The minimum absolute atomic E-state index is 0.518. The van der Waals surface area contributed by atoms with Crippen molar-refractivity contribution in [3.63, 3.8) is 0 Å². The van der Waals surface area contributed by atoms with E-state index in [-0.39, 0.29) is 0 Å². The molecule has 1 aromatic rings. The minimum Gasteiger partial charge on any atom is -0.192 e. The summed E-state index contributed by atoms with van der Waals surface area (Å²) in [7, 11) is 0. The molecule has 76 valence electrons. The summed E-state index contributed by atoms with van der Waals surface area (Å²) in [6.07, 6.45) is 0.884. The number of nitriles is 2. The van der Waals surface area contributed by atoms with Crippen LogP contribution in [0.15, 0.2) is 12.1 Å². The zero-order valence-corrected chi connectivity index (χ0v) is 9.33. The average molecular weight is 198 g/mol. The van der Waals surface area contributed by atoms with Gasteiger partial charge in [-0.05, 0) is 36.5 Å². The van der Waals surface area contributed by atoms with Gasteiger partial charge in [-0.1, -0.05) is 19.9 Å². The molecule has 0 aliphatic heterocycles. The molecular formula is C13H14N2. The van der Waals surface area contributed by atoms with Gasteiger partial charge in [-0.25, -0.2) is 0 Å². The van der Waals surface area contributed by atoms with Crippen molar-refractivity contribution in [3.8, 4) is 12.1 Å². The summed E-state index contributed by atoms with van der Waals surface area (Å²) in [5.74, 6) is 0.518. The second-order valence-corrected chi connectivity index (χ2v) is 4.15. The van der Waals surface area contributed by atoms with Crippen LogP contribution in [-0.2, 0) is 6.42 Å². The molecule has 0 aliphatic rings. The average Bonchev–Trinajstić information content (AvgIpc) is 2.17. The highest BCUT2D eigenvalue weighted by atomic mass is 14.3. The third kappa shape index (κ3) is 2.58. The van der Waals surface area contributed by atoms with Crippen molar-refractivity contribution in [1.82, 2.24) is 0 Å². The third-order valence-corrected chi connectivity index (χ3v) is 2.32. The van der Waals surface area contributed by atoms with Gasteiger partial charge in [0.25, 0.3) is 0 Å². The molecule has 0 aromatic heterocycles. The van der Waals surface area contributed by atoms with Crippen molar-refractivity contribution in [1.29, 1.82) is 10.5 Å². The third-order valence-electron chi connectivity index (χ3n) is 2.32. The Hall–Kier alpha value is -1.80. The monoisotopic (exact) mass is 198 g/mol. The van der Waals surface area contributed by atoms with Gasteiger partial charge in [-0.15, -0.1) is 0 Å². The molecule has 0 heterocycles. The Balaban J connectivity index is 3.24. The van der Waals surface area contributed by atoms with Crippen molar-refractivity contribution in [3.05, 3.63) is 34.4 Å². The van der Waals surface area contributed by atoms with E-state index in [0.29, 0.717) is 17.0 Å². The molecule has 0 amide bonds. The number of rotatable bonds is 2. The van der Waals surface area contributed by atoms with Crippen LogP contribution in [0.3, 0.4) is 0 Å². The van der Waals surface area contributed by atoms with Crippen LogP contribution >= 0.6 is 0 Å². The molecule has 0 spiro atoms. The highest BCUT2D eigenvalue weighted by Gasteiger charge is 2.08. The molecule has 2 heteroatoms. The zero-order chi connectivity index (χ0) is 11.4. The van der Waals surface area contributed by atoms with E-state index in [1.807, 2.05) is 13.0 Å². The summed E-state index contributed by atoms with van der Waals surface area (Å²) >= 11 is 0. The SMILES string of the molecule is Cc1cc(CC(C)C)c(C#N)cc1C#N. The second kappa shape index (κ2) is 4.62. The van der Waals surface area contributed by atoms with Gasteiger partial charge >= 0.3 is 0 Å². The van der Waals surface area contributed by atoms with Crippen LogP contribution in [0.1, 0.15) is 36.1 Å². The van der Waals surface area contributed by atoms with Crippen molar-refractivity contribution >= 4 is 0 Å². The van der Waals surface area contributed by atoms with Crippen molar-refractivity contribution < 1.29 is 0 Å². The van der Waals surface area contributed by atoms with Crippen LogP contribution in [0.5, 0.6) is 0 Å². The van der Waals surface area contributed by atoms with E-state index in [1.54, 1.807) is 6.07 Å². The summed E-state index contributed by atoms with van der Waals surface area (Å²) in [5.41, 5.74) is 3.22. The predicted molar refractivity (Wildman–Crippen MR) is 59.2 cm³/mol. The Kier molecular flexibility index (Phi) is 3.47. The van der Waals surface area contributed by atoms with E-state index in [0.717, 1.165) is 17.5 Å². The minimum atomic E-state index is 0.518. The summed E-state index contributed by atoms with van der Waals surface area (Å²) in [4.78, 5) is 0. The molecule has 0 saturated carbocycles. The van der Waals surface area contributed by atoms with Crippen molar-refractivity contribution in [2.75, 3.05) is 0 Å². The fourth-order valence-corrected chi connectivity index (χ4v) is 1.60. The van der Waals surface area contributed by atoms with Gasteiger partial charge in [0.2, 0.25) is 0 Å². The molecule has 2 nitrogen and oxygen atoms in total. The lowest BCUT2D eigenvalue weighted by Crippen LogP contribution is -1.99. The smallest absolute Gasteiger partial charge is 0.0994 e. The molecule has 1 aromatic carbocycles. The number of hydrogen-bond acceptors (Lipinski definition) is 2. The van der Waals surface area contributed by atoms with Gasteiger partial charge in [0.15, 0.2) is 0 Å². The van der Waals surface area contributed by atoms with Crippen LogP contribution < -0.4 is 0 Å². The van der Waals surface area contributed by atoms with E-state index in [2.05, 4.69) is 26.0 Å². The lowest BCUT2D eigenvalue weighted by atomic mass is 9.94. The van der Waals surface area contributed by atoms with Gasteiger partial charge in [0, 0.05) is 0 Å². The van der Waals surface area contributed by atoms with E-state index in [9.17, 15) is 0 Å². The summed E-state index contributed by atoms with van der Waals surface area (Å²) in [6.45, 7) is 6.15. The second-order valence-electron chi connectivity index (χ2n) is 4.15. The largest absolute Gasteiger partial charge is 0.192 e. The van der Waals surface area contributed by atoms with Crippen LogP contribution in [0.25, 0.3) is 0 Å². The Morgan fingerprint density at radius 1 is 1.13 bits per heavy atom. The van der Waals surface area contributed by atoms with Gasteiger partial charge in [0.1, 0.15) is 0 Å². The van der Waals surface area contributed by atoms with Gasteiger partial charge in [-0.2, -0.15) is 10.5 Å². The Labute approximate surface area is 90.8 Å². The fourth-order valence-electron chi connectivity index (χ4n) is 1.60. The van der Waals surface area contributed by atoms with Crippen LogP contribution in [0.2, 0.25) is 0 Å². The van der Waals surface area contributed by atoms with E-state index >= 15 is 0 Å². The van der Waals surface area contributed by atoms with Gasteiger partial charge in [0.05, 0.1) is 23.3 Å². The standard InChI is InChI=1S/C13H14N2/c1-9(2)4-11-5-10(3)12(7-14)6-13(11)8-15/h5-6,9H,4H2,1-3H3. The number of aryl methyl sites for hydroxylation is 1. The highest BCUT2D eigenvalue weighted by Crippen LogP contribution is 2.18. The molecule has 0 saturated heterocycles. The molecular weight excluding hydrogens is 184 g/mol. The number of hydrogen-bond donors (Lipinski definition) is 0. The molecule has 0 bridgehead atoms. The van der Waals surface area contributed by atoms with E-state index in [1.165, 1.54) is 0 Å². The molecule has 0 atom stereocenters. The molecule has 0 N–H and O–H groups in total. The van der Waals surface area contributed by atoms with Gasteiger partial charge in [-0.3, -0.25) is 0 Å². The first-order chi connectivity index (χ1) is 7.08. The lowest BCUT2D eigenvalue weighted by molar-refractivity contribution is 0.646. The summed E-state index contributed by atoms with van der Waals surface area (Å²) in [6, 6.07) is 7.89. The summed E-state index contributed by atoms with van der Waals surface area (Å²) < 4.78 is 0. The normalized spacial score (nSPS) is 9.73. The first-order valence-electron chi connectivity index (χ1n) is 5.02. The maximum Gasteiger partial charge on any atom is 0.0994 e. The Bertz CT molecular complexity index is 445. The quantitative estimate of drug-likeness (QED) is 0.733. The topological polar surface area (TPSA) is 47.6 Å². The predicted octanol–water partition coefficient (Wildman–Crippen LogP) is 2.94. The van der Waals surface area contributed by atoms with Crippen LogP contribution in [0.4, 0.5) is 0 Å². The first-order valence-corrected chi connectivity index (χ1v) is 5.02. The lowest BCUT2D eigenvalue weighted by Gasteiger charge is -2.09.